The molecule has 0 unspecified atom stereocenters. The van der Waals surface area contributed by atoms with Crippen molar-refractivity contribution in [2.45, 2.75) is 39.5 Å². The molecule has 7 nitrogen and oxygen atoms in total. The Morgan fingerprint density at radius 3 is 2.91 bits per heavy atom. The Hall–Kier alpha value is -1.60. The summed E-state index contributed by atoms with van der Waals surface area (Å²) in [5.41, 5.74) is 0. The number of nitrogens with zero attached hydrogens (tertiary/aromatic N) is 3. The van der Waals surface area contributed by atoms with Gasteiger partial charge in [0, 0.05) is 51.2 Å². The van der Waals surface area contributed by atoms with Gasteiger partial charge in [-0.2, -0.15) is 0 Å². The van der Waals surface area contributed by atoms with Crippen LogP contribution in [0.4, 0.5) is 4.79 Å². The van der Waals surface area contributed by atoms with Gasteiger partial charge in [-0.1, -0.05) is 13.8 Å². The van der Waals surface area contributed by atoms with Crippen molar-refractivity contribution in [1.82, 2.24) is 25.1 Å². The molecule has 1 saturated heterocycles. The van der Waals surface area contributed by atoms with Crippen LogP contribution >= 0.6 is 0 Å². The summed E-state index contributed by atoms with van der Waals surface area (Å²) in [5.74, 6) is 0.647. The van der Waals surface area contributed by atoms with Gasteiger partial charge in [-0.3, -0.25) is 4.90 Å². The van der Waals surface area contributed by atoms with Crippen LogP contribution in [0.25, 0.3) is 0 Å². The Morgan fingerprint density at radius 2 is 2.22 bits per heavy atom. The highest BCUT2D eigenvalue weighted by atomic mass is 16.5. The molecule has 1 aromatic rings. The van der Waals surface area contributed by atoms with E-state index in [-0.39, 0.29) is 18.2 Å². The first-order chi connectivity index (χ1) is 11.0. The maximum absolute atomic E-state index is 12.0. The number of aromatic nitrogens is 2. The summed E-state index contributed by atoms with van der Waals surface area (Å²) in [7, 11) is 0. The first-order valence-electron chi connectivity index (χ1n) is 8.37. The van der Waals surface area contributed by atoms with Crippen LogP contribution in [-0.4, -0.2) is 65.4 Å². The monoisotopic (exact) mass is 323 g/mol. The minimum atomic E-state index is -0.151. The van der Waals surface area contributed by atoms with Crippen molar-refractivity contribution in [2.24, 2.45) is 5.92 Å². The van der Waals surface area contributed by atoms with Crippen LogP contribution in [-0.2, 0) is 11.3 Å². The Labute approximate surface area is 138 Å². The minimum absolute atomic E-state index is 0.0360. The summed E-state index contributed by atoms with van der Waals surface area (Å²) in [5, 5.41) is 5.84. The third-order valence-electron chi connectivity index (χ3n) is 3.76. The lowest BCUT2D eigenvalue weighted by molar-refractivity contribution is -0.0290. The highest BCUT2D eigenvalue weighted by molar-refractivity contribution is 5.74. The molecular weight excluding hydrogens is 294 g/mol. The maximum Gasteiger partial charge on any atom is 0.315 e. The second kappa shape index (κ2) is 8.88. The summed E-state index contributed by atoms with van der Waals surface area (Å²) in [6.07, 6.45) is 5.43. The molecule has 7 heteroatoms. The normalized spacial score (nSPS) is 20.4. The van der Waals surface area contributed by atoms with E-state index in [1.165, 1.54) is 0 Å². The van der Waals surface area contributed by atoms with Crippen LogP contribution in [0.1, 0.15) is 20.8 Å². The number of urea groups is 1. The van der Waals surface area contributed by atoms with E-state index in [0.717, 1.165) is 26.2 Å². The molecule has 0 aromatic carbocycles. The van der Waals surface area contributed by atoms with Gasteiger partial charge in [-0.25, -0.2) is 9.78 Å². The Balaban J connectivity index is 1.65. The number of carbonyl (C=O) groups is 1. The minimum Gasteiger partial charge on any atom is -0.374 e. The summed E-state index contributed by atoms with van der Waals surface area (Å²) < 4.78 is 7.68. The second-order valence-electron chi connectivity index (χ2n) is 6.66. The van der Waals surface area contributed by atoms with Crippen molar-refractivity contribution >= 4 is 6.03 Å². The van der Waals surface area contributed by atoms with E-state index in [4.69, 9.17) is 4.74 Å². The topological polar surface area (TPSA) is 71.4 Å². The average Bonchev–Trinajstić information content (AvgIpc) is 2.97. The van der Waals surface area contributed by atoms with Gasteiger partial charge in [0.15, 0.2) is 0 Å². The zero-order chi connectivity index (χ0) is 16.7. The number of amides is 2. The van der Waals surface area contributed by atoms with Crippen LogP contribution in [0.5, 0.6) is 0 Å². The largest absolute Gasteiger partial charge is 0.374 e. The maximum atomic E-state index is 12.0. The highest BCUT2D eigenvalue weighted by Gasteiger charge is 2.21. The van der Waals surface area contributed by atoms with E-state index in [0.29, 0.717) is 19.0 Å². The van der Waals surface area contributed by atoms with Crippen molar-refractivity contribution in [3.05, 3.63) is 18.7 Å². The number of imidazole rings is 1. The van der Waals surface area contributed by atoms with Crippen LogP contribution in [0, 0.1) is 5.92 Å². The van der Waals surface area contributed by atoms with E-state index in [1.54, 1.807) is 12.5 Å². The van der Waals surface area contributed by atoms with Crippen LogP contribution in [0.3, 0.4) is 0 Å². The van der Waals surface area contributed by atoms with E-state index in [2.05, 4.69) is 34.4 Å². The molecule has 130 valence electrons. The van der Waals surface area contributed by atoms with Gasteiger partial charge < -0.3 is 19.9 Å². The second-order valence-corrected chi connectivity index (χ2v) is 6.66. The smallest absolute Gasteiger partial charge is 0.315 e. The van der Waals surface area contributed by atoms with Gasteiger partial charge in [0.1, 0.15) is 0 Å². The molecule has 1 fully saturated rings. The zero-order valence-corrected chi connectivity index (χ0v) is 14.4. The SMILES string of the molecule is CC(C)CN1CCO[C@H](CNC(=O)N[C@@H](C)Cn2ccnc2)C1. The molecule has 1 aromatic heterocycles. The van der Waals surface area contributed by atoms with Crippen molar-refractivity contribution in [1.29, 1.82) is 0 Å². The van der Waals surface area contributed by atoms with Gasteiger partial charge in [0.2, 0.25) is 0 Å². The molecule has 0 aliphatic carbocycles. The first-order valence-corrected chi connectivity index (χ1v) is 8.37. The van der Waals surface area contributed by atoms with Gasteiger partial charge in [0.25, 0.3) is 0 Å². The molecule has 23 heavy (non-hydrogen) atoms. The molecule has 1 aliphatic heterocycles. The molecule has 2 atom stereocenters. The number of hydrogen-bond donors (Lipinski definition) is 2. The number of rotatable bonds is 7. The van der Waals surface area contributed by atoms with Crippen molar-refractivity contribution in [3.63, 3.8) is 0 Å². The lowest BCUT2D eigenvalue weighted by atomic mass is 10.2. The number of ether oxygens (including phenoxy) is 1. The number of nitrogens with one attached hydrogen (secondary N) is 2. The van der Waals surface area contributed by atoms with Crippen LogP contribution < -0.4 is 10.6 Å². The molecule has 0 bridgehead atoms. The van der Waals surface area contributed by atoms with E-state index in [1.807, 2.05) is 17.7 Å². The average molecular weight is 323 g/mol. The number of hydrogen-bond acceptors (Lipinski definition) is 4. The standard InChI is InChI=1S/C16H29N5O2/c1-13(2)9-20-6-7-23-15(11-20)8-18-16(22)19-14(3)10-21-5-4-17-12-21/h4-5,12-15H,6-11H2,1-3H3,(H2,18,19,22)/t14-,15+/m0/s1. The lowest BCUT2D eigenvalue weighted by Gasteiger charge is -2.34. The van der Waals surface area contributed by atoms with Crippen LogP contribution in [0.15, 0.2) is 18.7 Å². The third kappa shape index (κ3) is 6.58. The summed E-state index contributed by atoms with van der Waals surface area (Å²) in [6.45, 7) is 11.3. The Kier molecular flexibility index (Phi) is 6.85. The van der Waals surface area contributed by atoms with Gasteiger partial charge >= 0.3 is 6.03 Å². The zero-order valence-electron chi connectivity index (χ0n) is 14.4. The molecule has 0 radical (unpaired) electrons. The molecule has 0 saturated carbocycles. The van der Waals surface area contributed by atoms with Crippen molar-refractivity contribution in [3.8, 4) is 0 Å². The predicted octanol–water partition coefficient (Wildman–Crippen LogP) is 0.928. The van der Waals surface area contributed by atoms with E-state index in [9.17, 15) is 4.79 Å². The predicted molar refractivity (Wildman–Crippen MR) is 89.2 cm³/mol. The number of morpholine rings is 1. The Morgan fingerprint density at radius 1 is 1.39 bits per heavy atom. The molecule has 2 N–H and O–H groups in total. The molecule has 2 rings (SSSR count). The molecule has 0 spiro atoms. The van der Waals surface area contributed by atoms with Crippen molar-refractivity contribution < 1.29 is 9.53 Å². The summed E-state index contributed by atoms with van der Waals surface area (Å²) in [6, 6.07) is -0.115. The Bertz CT molecular complexity index is 463. The first kappa shape index (κ1) is 17.7. The van der Waals surface area contributed by atoms with Gasteiger partial charge in [-0.05, 0) is 12.8 Å². The lowest BCUT2D eigenvalue weighted by Crippen LogP contribution is -2.50. The fraction of sp³-hybridized carbons (Fsp3) is 0.750. The third-order valence-corrected chi connectivity index (χ3v) is 3.76. The fourth-order valence-corrected chi connectivity index (χ4v) is 2.82. The molecule has 1 aliphatic rings. The van der Waals surface area contributed by atoms with Crippen LogP contribution in [0.2, 0.25) is 0 Å². The molecule has 2 heterocycles. The highest BCUT2D eigenvalue weighted by Crippen LogP contribution is 2.07. The van der Waals surface area contributed by atoms with E-state index >= 15 is 0 Å². The number of carbonyl (C=O) groups excluding carboxylic acids is 1. The van der Waals surface area contributed by atoms with Crippen molar-refractivity contribution in [2.75, 3.05) is 32.8 Å². The van der Waals surface area contributed by atoms with E-state index < -0.39 is 0 Å². The fourth-order valence-electron chi connectivity index (χ4n) is 2.82. The van der Waals surface area contributed by atoms with Gasteiger partial charge in [0.05, 0.1) is 19.0 Å². The quantitative estimate of drug-likeness (QED) is 0.783. The molecule has 2 amide bonds. The summed E-state index contributed by atoms with van der Waals surface area (Å²) >= 11 is 0. The molecular formula is C16H29N5O2. The van der Waals surface area contributed by atoms with Gasteiger partial charge in [-0.15, -0.1) is 0 Å². The summed E-state index contributed by atoms with van der Waals surface area (Å²) in [4.78, 5) is 18.4.